The predicted octanol–water partition coefficient (Wildman–Crippen LogP) is 3.57. The van der Waals surface area contributed by atoms with E-state index in [-0.39, 0.29) is 16.8 Å². The van der Waals surface area contributed by atoms with Crippen LogP contribution in [0.1, 0.15) is 25.3 Å². The molecule has 0 aliphatic rings. The van der Waals surface area contributed by atoms with Crippen molar-refractivity contribution in [3.63, 3.8) is 0 Å². The molecule has 1 aromatic rings. The number of benzene rings is 1. The number of hydrogen-bond donors (Lipinski definition) is 1. The molecular formula is C11H14Cl2N2O2. The fourth-order valence-corrected chi connectivity index (χ4v) is 2.01. The van der Waals surface area contributed by atoms with Crippen LogP contribution in [-0.2, 0) is 6.42 Å². The molecule has 0 radical (unpaired) electrons. The summed E-state index contributed by atoms with van der Waals surface area (Å²) in [5.74, 6) is 0. The van der Waals surface area contributed by atoms with Crippen LogP contribution < -0.4 is 5.73 Å². The Morgan fingerprint density at radius 3 is 2.53 bits per heavy atom. The van der Waals surface area contributed by atoms with Crippen LogP contribution in [0, 0.1) is 10.1 Å². The maximum Gasteiger partial charge on any atom is 0.274 e. The topological polar surface area (TPSA) is 69.2 Å². The molecule has 0 aromatic heterocycles. The Morgan fingerprint density at radius 2 is 2.00 bits per heavy atom. The van der Waals surface area contributed by atoms with E-state index in [4.69, 9.17) is 28.9 Å². The summed E-state index contributed by atoms with van der Waals surface area (Å²) in [4.78, 5) is 10.4. The van der Waals surface area contributed by atoms with Gasteiger partial charge in [-0.3, -0.25) is 10.1 Å². The molecule has 1 aromatic carbocycles. The lowest BCUT2D eigenvalue weighted by molar-refractivity contribution is -0.385. The van der Waals surface area contributed by atoms with E-state index in [9.17, 15) is 10.1 Å². The zero-order valence-corrected chi connectivity index (χ0v) is 11.0. The van der Waals surface area contributed by atoms with E-state index in [1.165, 1.54) is 12.1 Å². The Bertz CT molecular complexity index is 424. The van der Waals surface area contributed by atoms with E-state index in [2.05, 4.69) is 0 Å². The molecule has 0 aliphatic carbocycles. The number of hydrogen-bond acceptors (Lipinski definition) is 3. The fraction of sp³-hybridized carbons (Fsp3) is 0.455. The summed E-state index contributed by atoms with van der Waals surface area (Å²) in [5.41, 5.74) is 6.39. The monoisotopic (exact) mass is 276 g/mol. The first-order valence-corrected chi connectivity index (χ1v) is 6.09. The quantitative estimate of drug-likeness (QED) is 0.660. The number of nitrogens with zero attached hydrogens (tertiary/aromatic N) is 1. The SMILES string of the molecule is CCCC(N)Cc1cc(Cl)c(Cl)cc1[N+](=O)[O-]. The van der Waals surface area contributed by atoms with Crippen LogP contribution in [0.15, 0.2) is 12.1 Å². The summed E-state index contributed by atoms with van der Waals surface area (Å²) in [5, 5.41) is 11.4. The average Bonchev–Trinajstić information content (AvgIpc) is 2.23. The van der Waals surface area contributed by atoms with Crippen molar-refractivity contribution in [1.82, 2.24) is 0 Å². The van der Waals surface area contributed by atoms with Gasteiger partial charge in [0, 0.05) is 17.7 Å². The smallest absolute Gasteiger partial charge is 0.274 e. The lowest BCUT2D eigenvalue weighted by Gasteiger charge is -2.11. The first kappa shape index (κ1) is 14.2. The predicted molar refractivity (Wildman–Crippen MR) is 69.7 cm³/mol. The van der Waals surface area contributed by atoms with Gasteiger partial charge in [0.15, 0.2) is 0 Å². The van der Waals surface area contributed by atoms with Gasteiger partial charge < -0.3 is 5.73 Å². The highest BCUT2D eigenvalue weighted by atomic mass is 35.5. The average molecular weight is 277 g/mol. The van der Waals surface area contributed by atoms with Crippen LogP contribution in [0.4, 0.5) is 5.69 Å². The fourth-order valence-electron chi connectivity index (χ4n) is 1.67. The zero-order valence-electron chi connectivity index (χ0n) is 9.45. The standard InChI is InChI=1S/C11H14Cl2N2O2/c1-2-3-8(14)4-7-5-9(12)10(13)6-11(7)15(16)17/h5-6,8H,2-4,14H2,1H3. The summed E-state index contributed by atoms with van der Waals surface area (Å²) in [6.07, 6.45) is 2.19. The highest BCUT2D eigenvalue weighted by Gasteiger charge is 2.18. The molecule has 1 unspecified atom stereocenters. The molecule has 1 rings (SSSR count). The van der Waals surface area contributed by atoms with Gasteiger partial charge in [-0.2, -0.15) is 0 Å². The summed E-state index contributed by atoms with van der Waals surface area (Å²) in [6.45, 7) is 2.02. The maximum atomic E-state index is 10.9. The van der Waals surface area contributed by atoms with Gasteiger partial charge in [-0.1, -0.05) is 36.5 Å². The maximum absolute atomic E-state index is 10.9. The number of nitro groups is 1. The number of rotatable bonds is 5. The van der Waals surface area contributed by atoms with Crippen molar-refractivity contribution in [2.24, 2.45) is 5.73 Å². The summed E-state index contributed by atoms with van der Waals surface area (Å²) < 4.78 is 0. The normalized spacial score (nSPS) is 12.5. The van der Waals surface area contributed by atoms with Crippen LogP contribution in [0.3, 0.4) is 0 Å². The van der Waals surface area contributed by atoms with Gasteiger partial charge in [-0.05, 0) is 18.9 Å². The molecule has 94 valence electrons. The van der Waals surface area contributed by atoms with Crippen molar-refractivity contribution in [3.05, 3.63) is 37.9 Å². The Labute approximate surface area is 110 Å². The van der Waals surface area contributed by atoms with Crippen molar-refractivity contribution in [2.75, 3.05) is 0 Å². The van der Waals surface area contributed by atoms with Crippen LogP contribution in [0.2, 0.25) is 10.0 Å². The molecule has 6 heteroatoms. The van der Waals surface area contributed by atoms with Crippen LogP contribution >= 0.6 is 23.2 Å². The van der Waals surface area contributed by atoms with Gasteiger partial charge >= 0.3 is 0 Å². The molecule has 0 aliphatic heterocycles. The molecule has 0 heterocycles. The number of nitrogens with two attached hydrogens (primary N) is 1. The van der Waals surface area contributed by atoms with Gasteiger partial charge in [-0.15, -0.1) is 0 Å². The van der Waals surface area contributed by atoms with E-state index < -0.39 is 4.92 Å². The first-order valence-electron chi connectivity index (χ1n) is 5.33. The van der Waals surface area contributed by atoms with E-state index in [1.54, 1.807) is 0 Å². The Hall–Kier alpha value is -0.840. The van der Waals surface area contributed by atoms with Gasteiger partial charge in [0.2, 0.25) is 0 Å². The van der Waals surface area contributed by atoms with Gasteiger partial charge in [0.1, 0.15) is 0 Å². The van der Waals surface area contributed by atoms with Crippen molar-refractivity contribution in [2.45, 2.75) is 32.2 Å². The summed E-state index contributed by atoms with van der Waals surface area (Å²) in [6, 6.07) is 2.70. The van der Waals surface area contributed by atoms with Crippen LogP contribution in [0.25, 0.3) is 0 Å². The molecule has 17 heavy (non-hydrogen) atoms. The van der Waals surface area contributed by atoms with Crippen molar-refractivity contribution in [1.29, 1.82) is 0 Å². The third-order valence-electron chi connectivity index (χ3n) is 2.46. The lowest BCUT2D eigenvalue weighted by Crippen LogP contribution is -2.22. The number of nitro benzene ring substituents is 1. The molecule has 0 amide bonds. The minimum atomic E-state index is -0.462. The lowest BCUT2D eigenvalue weighted by atomic mass is 10.0. The van der Waals surface area contributed by atoms with E-state index >= 15 is 0 Å². The Kier molecular flexibility index (Phi) is 5.18. The minimum Gasteiger partial charge on any atom is -0.327 e. The molecule has 1 atom stereocenters. The molecule has 2 N–H and O–H groups in total. The Morgan fingerprint density at radius 1 is 1.41 bits per heavy atom. The highest BCUT2D eigenvalue weighted by molar-refractivity contribution is 6.42. The zero-order chi connectivity index (χ0) is 13.0. The molecule has 0 bridgehead atoms. The Balaban J connectivity index is 3.04. The van der Waals surface area contributed by atoms with Gasteiger partial charge in [-0.25, -0.2) is 0 Å². The molecule has 0 spiro atoms. The number of halogens is 2. The third kappa shape index (κ3) is 3.84. The second-order valence-electron chi connectivity index (χ2n) is 3.91. The highest BCUT2D eigenvalue weighted by Crippen LogP contribution is 2.31. The van der Waals surface area contributed by atoms with Crippen molar-refractivity contribution in [3.8, 4) is 0 Å². The first-order chi connectivity index (χ1) is 7.95. The van der Waals surface area contributed by atoms with E-state index in [1.807, 2.05) is 6.92 Å². The van der Waals surface area contributed by atoms with Crippen LogP contribution in [-0.4, -0.2) is 11.0 Å². The summed E-state index contributed by atoms with van der Waals surface area (Å²) in [7, 11) is 0. The molecule has 0 fully saturated rings. The van der Waals surface area contributed by atoms with E-state index in [0.29, 0.717) is 17.0 Å². The third-order valence-corrected chi connectivity index (χ3v) is 3.18. The summed E-state index contributed by atoms with van der Waals surface area (Å²) >= 11 is 11.6. The second kappa shape index (κ2) is 6.19. The largest absolute Gasteiger partial charge is 0.327 e. The van der Waals surface area contributed by atoms with Crippen molar-refractivity contribution >= 4 is 28.9 Å². The molecule has 0 saturated heterocycles. The van der Waals surface area contributed by atoms with E-state index in [0.717, 1.165) is 12.8 Å². The van der Waals surface area contributed by atoms with Crippen LogP contribution in [0.5, 0.6) is 0 Å². The van der Waals surface area contributed by atoms with Gasteiger partial charge in [0.25, 0.3) is 5.69 Å². The minimum absolute atomic E-state index is 0.0223. The molecule has 0 saturated carbocycles. The second-order valence-corrected chi connectivity index (χ2v) is 4.72. The molecule has 4 nitrogen and oxygen atoms in total. The van der Waals surface area contributed by atoms with Crippen molar-refractivity contribution < 1.29 is 4.92 Å². The van der Waals surface area contributed by atoms with Gasteiger partial charge in [0.05, 0.1) is 15.0 Å². The molecular weight excluding hydrogens is 263 g/mol.